The summed E-state index contributed by atoms with van der Waals surface area (Å²) in [6, 6.07) is 20.3. The first-order valence-corrected chi connectivity index (χ1v) is 7.75. The fraction of sp³-hybridized carbons (Fsp3) is 0.100. The van der Waals surface area contributed by atoms with Gasteiger partial charge in [-0.05, 0) is 17.2 Å². The lowest BCUT2D eigenvalue weighted by Crippen LogP contribution is -3.00. The van der Waals surface area contributed by atoms with E-state index in [4.69, 9.17) is 0 Å². The average molecular weight is 381 g/mol. The van der Waals surface area contributed by atoms with Crippen molar-refractivity contribution in [3.05, 3.63) is 89.7 Å². The summed E-state index contributed by atoms with van der Waals surface area (Å²) in [5.41, 5.74) is 5.27. The van der Waals surface area contributed by atoms with E-state index in [1.807, 2.05) is 30.3 Å². The summed E-state index contributed by atoms with van der Waals surface area (Å²) in [6.45, 7) is 1.38. The van der Waals surface area contributed by atoms with Crippen molar-refractivity contribution in [1.82, 2.24) is 5.32 Å². The fourth-order valence-electron chi connectivity index (χ4n) is 3.07. The highest BCUT2D eigenvalue weighted by atomic mass is 79.9. The van der Waals surface area contributed by atoms with E-state index in [2.05, 4.69) is 52.6 Å². The monoisotopic (exact) mass is 380 g/mol. The molecule has 0 saturated carbocycles. The van der Waals surface area contributed by atoms with Crippen molar-refractivity contribution >= 4 is 5.91 Å². The summed E-state index contributed by atoms with van der Waals surface area (Å²) in [5, 5.41) is 3.00. The number of hydrogen-bond donors (Lipinski definition) is 1. The number of nitrogens with zero attached hydrogens (tertiary/aromatic N) is 1. The van der Waals surface area contributed by atoms with Gasteiger partial charge in [0, 0.05) is 29.3 Å². The third kappa shape index (κ3) is 3.10. The van der Waals surface area contributed by atoms with Gasteiger partial charge in [-0.15, -0.1) is 0 Å². The number of halogens is 1. The maximum absolute atomic E-state index is 12.2. The van der Waals surface area contributed by atoms with E-state index in [1.54, 1.807) is 0 Å². The van der Waals surface area contributed by atoms with Crippen molar-refractivity contribution in [2.75, 3.05) is 0 Å². The van der Waals surface area contributed by atoms with Crippen molar-refractivity contribution in [3.63, 3.8) is 0 Å². The predicted octanol–water partition coefficient (Wildman–Crippen LogP) is -0.0632. The first kappa shape index (κ1) is 16.4. The van der Waals surface area contributed by atoms with Crippen molar-refractivity contribution < 1.29 is 26.3 Å². The van der Waals surface area contributed by atoms with Gasteiger partial charge in [-0.2, -0.15) is 0 Å². The molecule has 4 rings (SSSR count). The molecule has 120 valence electrons. The molecular formula is C20H17BrN2O. The second kappa shape index (κ2) is 6.97. The summed E-state index contributed by atoms with van der Waals surface area (Å²) in [4.78, 5) is 12.2. The number of amides is 1. The Labute approximate surface area is 151 Å². The van der Waals surface area contributed by atoms with E-state index >= 15 is 0 Å². The molecule has 1 aliphatic rings. The van der Waals surface area contributed by atoms with E-state index in [0.717, 1.165) is 28.8 Å². The van der Waals surface area contributed by atoms with E-state index in [1.165, 1.54) is 5.56 Å². The number of nitrogens with one attached hydrogen (secondary N) is 1. The predicted molar refractivity (Wildman–Crippen MR) is 88.8 cm³/mol. The highest BCUT2D eigenvalue weighted by Gasteiger charge is 2.21. The van der Waals surface area contributed by atoms with Crippen LogP contribution < -0.4 is 26.9 Å². The number of carbonyl (C=O) groups excluding carboxylic acids is 1. The van der Waals surface area contributed by atoms with Crippen LogP contribution in [0.15, 0.2) is 73.1 Å². The van der Waals surface area contributed by atoms with Crippen LogP contribution in [0.1, 0.15) is 21.5 Å². The second-order valence-electron chi connectivity index (χ2n) is 5.77. The largest absolute Gasteiger partial charge is 1.00 e. The van der Waals surface area contributed by atoms with Crippen LogP contribution in [-0.2, 0) is 13.1 Å². The molecule has 1 N–H and O–H groups in total. The van der Waals surface area contributed by atoms with Gasteiger partial charge in [-0.1, -0.05) is 48.5 Å². The third-order valence-electron chi connectivity index (χ3n) is 4.21. The van der Waals surface area contributed by atoms with Gasteiger partial charge in [0.25, 0.3) is 5.91 Å². The van der Waals surface area contributed by atoms with E-state index in [-0.39, 0.29) is 22.9 Å². The smallest absolute Gasteiger partial charge is 0.252 e. The van der Waals surface area contributed by atoms with Crippen LogP contribution in [0.3, 0.4) is 0 Å². The van der Waals surface area contributed by atoms with E-state index < -0.39 is 0 Å². The van der Waals surface area contributed by atoms with Crippen molar-refractivity contribution in [2.45, 2.75) is 13.1 Å². The number of pyridine rings is 1. The summed E-state index contributed by atoms with van der Waals surface area (Å²) in [6.07, 6.45) is 4.21. The molecule has 0 atom stereocenters. The van der Waals surface area contributed by atoms with E-state index in [9.17, 15) is 4.79 Å². The normalized spacial score (nSPS) is 12.2. The van der Waals surface area contributed by atoms with Crippen molar-refractivity contribution in [3.8, 4) is 11.1 Å². The molecule has 3 nitrogen and oxygen atoms in total. The Balaban J connectivity index is 0.00000169. The van der Waals surface area contributed by atoms with Gasteiger partial charge in [-0.3, -0.25) is 4.79 Å². The second-order valence-corrected chi connectivity index (χ2v) is 5.77. The lowest BCUT2D eigenvalue weighted by Gasteiger charge is -2.07. The first-order chi connectivity index (χ1) is 11.3. The van der Waals surface area contributed by atoms with Gasteiger partial charge in [0.05, 0.1) is 0 Å². The van der Waals surface area contributed by atoms with Gasteiger partial charge in [-0.25, -0.2) is 4.57 Å². The highest BCUT2D eigenvalue weighted by molar-refractivity contribution is 6.02. The summed E-state index contributed by atoms with van der Waals surface area (Å²) >= 11 is 0. The Kier molecular flexibility index (Phi) is 4.76. The Bertz CT molecular complexity index is 878. The third-order valence-corrected chi connectivity index (χ3v) is 4.21. The number of hydrogen-bond acceptors (Lipinski definition) is 1. The zero-order valence-corrected chi connectivity index (χ0v) is 14.7. The molecule has 1 amide bonds. The molecule has 0 spiro atoms. The number of carbonyl (C=O) groups is 1. The summed E-state index contributed by atoms with van der Waals surface area (Å²) in [5.74, 6) is -0.00795. The molecule has 4 heteroatoms. The highest BCUT2D eigenvalue weighted by Crippen LogP contribution is 2.28. The van der Waals surface area contributed by atoms with Gasteiger partial charge in [0.15, 0.2) is 18.9 Å². The molecule has 1 aromatic heterocycles. The lowest BCUT2D eigenvalue weighted by atomic mass is 9.98. The number of benzene rings is 2. The minimum absolute atomic E-state index is 0. The molecule has 0 radical (unpaired) electrons. The zero-order valence-electron chi connectivity index (χ0n) is 13.1. The minimum atomic E-state index is -0.00795. The lowest BCUT2D eigenvalue weighted by molar-refractivity contribution is -0.688. The molecular weight excluding hydrogens is 364 g/mol. The van der Waals surface area contributed by atoms with Gasteiger partial charge < -0.3 is 22.3 Å². The Morgan fingerprint density at radius 3 is 2.38 bits per heavy atom. The van der Waals surface area contributed by atoms with Crippen LogP contribution in [0.25, 0.3) is 11.1 Å². The van der Waals surface area contributed by atoms with Crippen LogP contribution >= 0.6 is 0 Å². The Hall–Kier alpha value is -2.46. The SMILES string of the molecule is O=C1NCc2c[n+](Cc3ccccc3)ccc2-c2ccccc21.[Br-]. The molecule has 0 unspecified atom stereocenters. The molecule has 24 heavy (non-hydrogen) atoms. The number of fused-ring (bicyclic) bond motifs is 3. The molecule has 2 heterocycles. The molecule has 3 aromatic rings. The van der Waals surface area contributed by atoms with Crippen LogP contribution in [0.4, 0.5) is 0 Å². The van der Waals surface area contributed by atoms with Gasteiger partial charge in [0.2, 0.25) is 0 Å². The van der Waals surface area contributed by atoms with Crippen molar-refractivity contribution in [1.29, 1.82) is 0 Å². The zero-order chi connectivity index (χ0) is 15.6. The van der Waals surface area contributed by atoms with Crippen molar-refractivity contribution in [2.24, 2.45) is 0 Å². The summed E-state index contributed by atoms with van der Waals surface area (Å²) < 4.78 is 2.16. The summed E-state index contributed by atoms with van der Waals surface area (Å²) in [7, 11) is 0. The van der Waals surface area contributed by atoms with Crippen LogP contribution in [-0.4, -0.2) is 5.91 Å². The van der Waals surface area contributed by atoms with Crippen LogP contribution in [0.5, 0.6) is 0 Å². The quantitative estimate of drug-likeness (QED) is 0.620. The van der Waals surface area contributed by atoms with Crippen LogP contribution in [0, 0.1) is 0 Å². The maximum atomic E-state index is 12.2. The molecule has 0 aliphatic carbocycles. The molecule has 1 aliphatic heterocycles. The van der Waals surface area contributed by atoms with Gasteiger partial charge >= 0.3 is 0 Å². The first-order valence-electron chi connectivity index (χ1n) is 7.75. The molecule has 2 aromatic carbocycles. The Morgan fingerprint density at radius 2 is 1.58 bits per heavy atom. The molecule has 0 fully saturated rings. The van der Waals surface area contributed by atoms with Crippen LogP contribution in [0.2, 0.25) is 0 Å². The Morgan fingerprint density at radius 1 is 0.875 bits per heavy atom. The molecule has 0 saturated heterocycles. The van der Waals surface area contributed by atoms with Gasteiger partial charge in [0.1, 0.15) is 0 Å². The molecule has 0 bridgehead atoms. The topological polar surface area (TPSA) is 33.0 Å². The van der Waals surface area contributed by atoms with E-state index in [0.29, 0.717) is 6.54 Å². The maximum Gasteiger partial charge on any atom is 0.252 e. The number of rotatable bonds is 2. The number of aromatic nitrogens is 1. The fourth-order valence-corrected chi connectivity index (χ4v) is 3.07. The minimum Gasteiger partial charge on any atom is -1.00 e. The standard InChI is InChI=1S/C20H16N2O.BrH/c23-20-19-9-5-4-8-18(19)17-10-11-22(14-16(17)12-21-20)13-15-6-2-1-3-7-15;/h1-11,14H,12-13H2;1H. The average Bonchev–Trinajstić information content (AvgIpc) is 2.74.